The molecule has 0 fully saturated rings. The van der Waals surface area contributed by atoms with E-state index in [9.17, 15) is 15.3 Å². The zero-order chi connectivity index (χ0) is 19.4. The number of phenolic OH excluding ortho intramolecular Hbond substituents is 2. The minimum Gasteiger partial charge on any atom is -0.507 e. The number of aliphatic hydroxyl groups is 1. The van der Waals surface area contributed by atoms with Crippen molar-refractivity contribution in [2.75, 3.05) is 13.2 Å². The predicted octanol–water partition coefficient (Wildman–Crippen LogP) is 4.45. The van der Waals surface area contributed by atoms with E-state index in [-0.39, 0.29) is 18.1 Å². The Kier molecular flexibility index (Phi) is 7.53. The maximum Gasteiger partial charge on any atom is 0.122 e. The molecule has 0 saturated carbocycles. The lowest BCUT2D eigenvalue weighted by Gasteiger charge is -2.25. The standard InChI is InChI=1S/C20H36O4Si/c1-14-15(2)19(22)17(16(3)18(14)21)9-10-20(4,23)13-24-11-8-12-25(5,6)7/h21-23H,8-13H2,1-7H3/t20-/m1/s1. The Bertz CT molecular complexity index is 559. The van der Waals surface area contributed by atoms with Gasteiger partial charge in [0, 0.05) is 20.2 Å². The lowest BCUT2D eigenvalue weighted by atomic mass is 9.91. The van der Waals surface area contributed by atoms with E-state index in [0.29, 0.717) is 41.7 Å². The summed E-state index contributed by atoms with van der Waals surface area (Å²) in [5.74, 6) is 0.451. The van der Waals surface area contributed by atoms with E-state index in [4.69, 9.17) is 4.74 Å². The van der Waals surface area contributed by atoms with Crippen LogP contribution in [0.15, 0.2) is 0 Å². The summed E-state index contributed by atoms with van der Waals surface area (Å²) in [6.45, 7) is 15.2. The van der Waals surface area contributed by atoms with Gasteiger partial charge in [-0.2, -0.15) is 0 Å². The molecule has 0 unspecified atom stereocenters. The first kappa shape index (κ1) is 22.0. The fourth-order valence-electron chi connectivity index (χ4n) is 2.95. The van der Waals surface area contributed by atoms with Crippen LogP contribution < -0.4 is 0 Å². The molecule has 25 heavy (non-hydrogen) atoms. The highest BCUT2D eigenvalue weighted by Crippen LogP contribution is 2.37. The third-order valence-corrected chi connectivity index (χ3v) is 6.76. The quantitative estimate of drug-likeness (QED) is 0.342. The van der Waals surface area contributed by atoms with Crippen LogP contribution in [0.4, 0.5) is 0 Å². The van der Waals surface area contributed by atoms with E-state index in [1.54, 1.807) is 27.7 Å². The SMILES string of the molecule is Cc1c(C)c(O)c(CC[C@@](C)(O)COCCC[Si](C)(C)C)c(C)c1O. The molecule has 1 atom stereocenters. The zero-order valence-corrected chi connectivity index (χ0v) is 18.0. The summed E-state index contributed by atoms with van der Waals surface area (Å²) < 4.78 is 5.67. The molecule has 0 spiro atoms. The van der Waals surface area contributed by atoms with Crippen LogP contribution in [-0.4, -0.2) is 42.2 Å². The largest absolute Gasteiger partial charge is 0.507 e. The first-order valence-corrected chi connectivity index (χ1v) is 12.9. The molecule has 0 bridgehead atoms. The average Bonchev–Trinajstić information content (AvgIpc) is 2.49. The van der Waals surface area contributed by atoms with Gasteiger partial charge in [0.1, 0.15) is 11.5 Å². The van der Waals surface area contributed by atoms with Gasteiger partial charge in [-0.15, -0.1) is 0 Å². The minimum absolute atomic E-state index is 0.222. The maximum atomic E-state index is 10.5. The Hall–Kier alpha value is -1.04. The molecule has 0 heterocycles. The van der Waals surface area contributed by atoms with Crippen molar-refractivity contribution in [3.63, 3.8) is 0 Å². The molecule has 1 aromatic rings. The van der Waals surface area contributed by atoms with Crippen molar-refractivity contribution < 1.29 is 20.1 Å². The van der Waals surface area contributed by atoms with Crippen LogP contribution in [0.25, 0.3) is 0 Å². The molecule has 0 aliphatic heterocycles. The van der Waals surface area contributed by atoms with Gasteiger partial charge in [-0.1, -0.05) is 25.7 Å². The summed E-state index contributed by atoms with van der Waals surface area (Å²) in [4.78, 5) is 0. The van der Waals surface area contributed by atoms with Crippen LogP contribution in [-0.2, 0) is 11.2 Å². The summed E-state index contributed by atoms with van der Waals surface area (Å²) in [6.07, 6.45) is 2.01. The first-order chi connectivity index (χ1) is 11.4. The Morgan fingerprint density at radius 1 is 0.960 bits per heavy atom. The third kappa shape index (κ3) is 6.64. The van der Waals surface area contributed by atoms with E-state index in [2.05, 4.69) is 19.6 Å². The molecule has 0 aliphatic rings. The molecule has 1 aromatic carbocycles. The van der Waals surface area contributed by atoms with Crippen molar-refractivity contribution in [1.82, 2.24) is 0 Å². The first-order valence-electron chi connectivity index (χ1n) is 9.16. The summed E-state index contributed by atoms with van der Waals surface area (Å²) in [7, 11) is -1.03. The summed E-state index contributed by atoms with van der Waals surface area (Å²) in [5, 5.41) is 31.1. The van der Waals surface area contributed by atoms with Crippen molar-refractivity contribution in [3.05, 3.63) is 22.3 Å². The molecule has 0 saturated heterocycles. The van der Waals surface area contributed by atoms with Crippen LogP contribution in [0.2, 0.25) is 25.7 Å². The van der Waals surface area contributed by atoms with E-state index in [1.807, 2.05) is 0 Å². The summed E-state index contributed by atoms with van der Waals surface area (Å²) in [5.41, 5.74) is 1.84. The van der Waals surface area contributed by atoms with Crippen molar-refractivity contribution in [3.8, 4) is 11.5 Å². The van der Waals surface area contributed by atoms with Crippen LogP contribution in [0.1, 0.15) is 42.0 Å². The summed E-state index contributed by atoms with van der Waals surface area (Å²) in [6, 6.07) is 1.23. The molecular weight excluding hydrogens is 332 g/mol. The van der Waals surface area contributed by atoms with E-state index >= 15 is 0 Å². The van der Waals surface area contributed by atoms with Gasteiger partial charge in [-0.25, -0.2) is 0 Å². The number of ether oxygens (including phenoxy) is 1. The molecule has 0 aliphatic carbocycles. The van der Waals surface area contributed by atoms with Crippen LogP contribution in [0, 0.1) is 20.8 Å². The van der Waals surface area contributed by atoms with E-state index in [0.717, 1.165) is 6.42 Å². The smallest absolute Gasteiger partial charge is 0.122 e. The molecule has 4 nitrogen and oxygen atoms in total. The van der Waals surface area contributed by atoms with Crippen LogP contribution in [0.5, 0.6) is 11.5 Å². The molecular formula is C20H36O4Si. The molecule has 0 amide bonds. The minimum atomic E-state index is -1.03. The van der Waals surface area contributed by atoms with Gasteiger partial charge in [-0.3, -0.25) is 0 Å². The molecule has 5 heteroatoms. The molecule has 3 N–H and O–H groups in total. The van der Waals surface area contributed by atoms with Gasteiger partial charge in [0.25, 0.3) is 0 Å². The van der Waals surface area contributed by atoms with Gasteiger partial charge < -0.3 is 20.1 Å². The predicted molar refractivity (Wildman–Crippen MR) is 107 cm³/mol. The highest BCUT2D eigenvalue weighted by molar-refractivity contribution is 6.76. The third-order valence-electron chi connectivity index (χ3n) is 4.91. The lowest BCUT2D eigenvalue weighted by molar-refractivity contribution is -0.0384. The fraction of sp³-hybridized carbons (Fsp3) is 0.700. The van der Waals surface area contributed by atoms with E-state index < -0.39 is 13.7 Å². The van der Waals surface area contributed by atoms with Crippen molar-refractivity contribution in [2.24, 2.45) is 0 Å². The second-order valence-corrected chi connectivity index (χ2v) is 14.4. The van der Waals surface area contributed by atoms with Crippen molar-refractivity contribution >= 4 is 8.07 Å². The van der Waals surface area contributed by atoms with Gasteiger partial charge in [0.2, 0.25) is 0 Å². The topological polar surface area (TPSA) is 69.9 Å². The second-order valence-electron chi connectivity index (χ2n) is 8.76. The van der Waals surface area contributed by atoms with Crippen molar-refractivity contribution in [1.29, 1.82) is 0 Å². The average molecular weight is 369 g/mol. The molecule has 0 radical (unpaired) electrons. The Balaban J connectivity index is 2.59. The highest BCUT2D eigenvalue weighted by atomic mass is 28.3. The number of benzene rings is 1. The highest BCUT2D eigenvalue weighted by Gasteiger charge is 2.24. The van der Waals surface area contributed by atoms with Crippen molar-refractivity contribution in [2.45, 2.75) is 78.2 Å². The molecule has 0 aromatic heterocycles. The Morgan fingerprint density at radius 2 is 1.52 bits per heavy atom. The van der Waals surface area contributed by atoms with E-state index in [1.165, 1.54) is 6.04 Å². The molecule has 144 valence electrons. The Morgan fingerprint density at radius 3 is 2.08 bits per heavy atom. The van der Waals surface area contributed by atoms with Gasteiger partial charge in [-0.05, 0) is 63.6 Å². The van der Waals surface area contributed by atoms with Gasteiger partial charge >= 0.3 is 0 Å². The normalized spacial score (nSPS) is 14.6. The monoisotopic (exact) mass is 368 g/mol. The summed E-state index contributed by atoms with van der Waals surface area (Å²) >= 11 is 0. The Labute approximate surface area is 153 Å². The maximum absolute atomic E-state index is 10.5. The number of aromatic hydroxyl groups is 2. The zero-order valence-electron chi connectivity index (χ0n) is 17.0. The fourth-order valence-corrected chi connectivity index (χ4v) is 4.16. The number of phenols is 2. The number of hydrogen-bond donors (Lipinski definition) is 3. The number of rotatable bonds is 9. The number of hydrogen-bond acceptors (Lipinski definition) is 4. The van der Waals surface area contributed by atoms with Crippen LogP contribution >= 0.6 is 0 Å². The van der Waals surface area contributed by atoms with Gasteiger partial charge in [0.05, 0.1) is 12.2 Å². The lowest BCUT2D eigenvalue weighted by Crippen LogP contribution is -2.32. The van der Waals surface area contributed by atoms with Crippen LogP contribution in [0.3, 0.4) is 0 Å². The second kappa shape index (κ2) is 8.56. The molecule has 1 rings (SSSR count). The van der Waals surface area contributed by atoms with Gasteiger partial charge in [0.15, 0.2) is 0 Å².